The molecule has 7 heteroatoms. The molecule has 0 aliphatic heterocycles. The van der Waals surface area contributed by atoms with Crippen molar-refractivity contribution in [3.63, 3.8) is 0 Å². The first-order chi connectivity index (χ1) is 9.24. The number of nitrogens with zero attached hydrogens (tertiary/aromatic N) is 3. The molecule has 0 bridgehead atoms. The zero-order chi connectivity index (χ0) is 13.2. The van der Waals surface area contributed by atoms with Crippen LogP contribution in [0.4, 0.5) is 0 Å². The Balaban J connectivity index is 1.91. The first-order valence-electron chi connectivity index (χ1n) is 5.41. The lowest BCUT2D eigenvalue weighted by molar-refractivity contribution is 0.0663. The largest absolute Gasteiger partial charge is 0.475 e. The summed E-state index contributed by atoms with van der Waals surface area (Å²) in [6, 6.07) is 10.3. The molecule has 3 aromatic rings. The van der Waals surface area contributed by atoms with Crippen molar-refractivity contribution in [1.82, 2.24) is 20.6 Å². The number of hydrogen-bond acceptors (Lipinski definition) is 5. The number of furan rings is 1. The standard InChI is InChI=1S/C12H8N4O3/c17-12(18)10-6-5-9(19-10)7-1-3-8(4-2-7)11-13-15-16-14-11/h1-6H,(H,17,18)(H,13,14,15,16). The van der Waals surface area contributed by atoms with Crippen molar-refractivity contribution in [3.05, 3.63) is 42.2 Å². The summed E-state index contributed by atoms with van der Waals surface area (Å²) >= 11 is 0. The van der Waals surface area contributed by atoms with Crippen molar-refractivity contribution < 1.29 is 14.3 Å². The molecule has 2 heterocycles. The van der Waals surface area contributed by atoms with E-state index in [9.17, 15) is 4.79 Å². The highest BCUT2D eigenvalue weighted by atomic mass is 16.4. The van der Waals surface area contributed by atoms with E-state index in [1.54, 1.807) is 18.2 Å². The smallest absolute Gasteiger partial charge is 0.371 e. The second-order valence-electron chi connectivity index (χ2n) is 3.78. The Morgan fingerprint density at radius 3 is 2.42 bits per heavy atom. The Morgan fingerprint density at radius 1 is 1.11 bits per heavy atom. The van der Waals surface area contributed by atoms with Crippen LogP contribution < -0.4 is 0 Å². The Labute approximate surface area is 106 Å². The van der Waals surface area contributed by atoms with Gasteiger partial charge in [-0.3, -0.25) is 0 Å². The van der Waals surface area contributed by atoms with Gasteiger partial charge in [-0.2, -0.15) is 5.21 Å². The van der Waals surface area contributed by atoms with Crippen molar-refractivity contribution in [2.75, 3.05) is 0 Å². The first-order valence-corrected chi connectivity index (χ1v) is 5.41. The molecule has 1 aromatic carbocycles. The molecule has 0 saturated heterocycles. The fourth-order valence-corrected chi connectivity index (χ4v) is 1.68. The second-order valence-corrected chi connectivity index (χ2v) is 3.78. The van der Waals surface area contributed by atoms with Crippen LogP contribution in [0.2, 0.25) is 0 Å². The summed E-state index contributed by atoms with van der Waals surface area (Å²) in [5, 5.41) is 22.4. The number of aromatic nitrogens is 4. The maximum Gasteiger partial charge on any atom is 0.371 e. The van der Waals surface area contributed by atoms with Crippen LogP contribution in [-0.2, 0) is 0 Å². The molecule has 2 N–H and O–H groups in total. The summed E-state index contributed by atoms with van der Waals surface area (Å²) < 4.78 is 5.21. The minimum Gasteiger partial charge on any atom is -0.475 e. The van der Waals surface area contributed by atoms with Crippen LogP contribution in [0.5, 0.6) is 0 Å². The zero-order valence-corrected chi connectivity index (χ0v) is 9.57. The van der Waals surface area contributed by atoms with Crippen LogP contribution in [0.25, 0.3) is 22.7 Å². The fourth-order valence-electron chi connectivity index (χ4n) is 1.68. The highest BCUT2D eigenvalue weighted by Crippen LogP contribution is 2.24. The monoisotopic (exact) mass is 256 g/mol. The summed E-state index contributed by atoms with van der Waals surface area (Å²) in [7, 11) is 0. The number of benzene rings is 1. The van der Waals surface area contributed by atoms with Crippen molar-refractivity contribution in [2.24, 2.45) is 0 Å². The van der Waals surface area contributed by atoms with E-state index in [-0.39, 0.29) is 5.76 Å². The van der Waals surface area contributed by atoms with Crippen LogP contribution in [0.1, 0.15) is 10.6 Å². The Bertz CT molecular complexity index is 701. The van der Waals surface area contributed by atoms with E-state index in [2.05, 4.69) is 20.6 Å². The van der Waals surface area contributed by atoms with Gasteiger partial charge in [-0.1, -0.05) is 24.3 Å². The van der Waals surface area contributed by atoms with E-state index >= 15 is 0 Å². The molecule has 0 saturated carbocycles. The number of tetrazole rings is 1. The highest BCUT2D eigenvalue weighted by molar-refractivity contribution is 5.85. The normalized spacial score (nSPS) is 10.5. The van der Waals surface area contributed by atoms with Gasteiger partial charge in [0.1, 0.15) is 5.76 Å². The number of carboxylic acid groups (broad SMARTS) is 1. The van der Waals surface area contributed by atoms with Gasteiger partial charge in [0.25, 0.3) is 0 Å². The maximum atomic E-state index is 10.7. The van der Waals surface area contributed by atoms with Crippen LogP contribution in [0.15, 0.2) is 40.8 Å². The summed E-state index contributed by atoms with van der Waals surface area (Å²) in [5.74, 6) is -0.179. The lowest BCUT2D eigenvalue weighted by atomic mass is 10.1. The SMILES string of the molecule is O=C(O)c1ccc(-c2ccc(-c3nn[nH]n3)cc2)o1. The third-order valence-corrected chi connectivity index (χ3v) is 2.59. The maximum absolute atomic E-state index is 10.7. The summed E-state index contributed by atoms with van der Waals surface area (Å²) in [4.78, 5) is 10.7. The van der Waals surface area contributed by atoms with Gasteiger partial charge < -0.3 is 9.52 Å². The molecule has 0 radical (unpaired) electrons. The molecule has 0 unspecified atom stereocenters. The lowest BCUT2D eigenvalue weighted by Gasteiger charge is -1.98. The van der Waals surface area contributed by atoms with Crippen molar-refractivity contribution in [3.8, 4) is 22.7 Å². The van der Waals surface area contributed by atoms with Crippen LogP contribution in [-0.4, -0.2) is 31.7 Å². The number of hydrogen-bond donors (Lipinski definition) is 2. The average molecular weight is 256 g/mol. The average Bonchev–Trinajstić information content (AvgIpc) is 3.11. The van der Waals surface area contributed by atoms with E-state index < -0.39 is 5.97 Å². The molecule has 0 aliphatic rings. The minimum absolute atomic E-state index is 0.0859. The molecule has 7 nitrogen and oxygen atoms in total. The molecular formula is C12H8N4O3. The van der Waals surface area contributed by atoms with Crippen LogP contribution >= 0.6 is 0 Å². The highest BCUT2D eigenvalue weighted by Gasteiger charge is 2.10. The molecule has 0 amide bonds. The third-order valence-electron chi connectivity index (χ3n) is 2.59. The number of aromatic carboxylic acids is 1. The van der Waals surface area contributed by atoms with E-state index in [0.717, 1.165) is 11.1 Å². The quantitative estimate of drug-likeness (QED) is 0.740. The Morgan fingerprint density at radius 2 is 1.84 bits per heavy atom. The van der Waals surface area contributed by atoms with Gasteiger partial charge in [-0.25, -0.2) is 4.79 Å². The fraction of sp³-hybridized carbons (Fsp3) is 0. The van der Waals surface area contributed by atoms with Gasteiger partial charge in [-0.15, -0.1) is 10.2 Å². The second kappa shape index (κ2) is 4.37. The Hall–Kier alpha value is -2.96. The van der Waals surface area contributed by atoms with Gasteiger partial charge in [0.15, 0.2) is 0 Å². The molecular weight excluding hydrogens is 248 g/mol. The number of H-pyrrole nitrogens is 1. The van der Waals surface area contributed by atoms with Crippen molar-refractivity contribution in [1.29, 1.82) is 0 Å². The molecule has 0 spiro atoms. The summed E-state index contributed by atoms with van der Waals surface area (Å²) in [6.07, 6.45) is 0. The predicted octanol–water partition coefficient (Wildman–Crippen LogP) is 1.82. The molecule has 0 atom stereocenters. The van der Waals surface area contributed by atoms with E-state index in [4.69, 9.17) is 9.52 Å². The first kappa shape index (κ1) is 11.1. The van der Waals surface area contributed by atoms with Gasteiger partial charge in [0.05, 0.1) is 0 Å². The minimum atomic E-state index is -1.09. The molecule has 19 heavy (non-hydrogen) atoms. The lowest BCUT2D eigenvalue weighted by Crippen LogP contribution is -1.91. The molecule has 3 rings (SSSR count). The van der Waals surface area contributed by atoms with E-state index in [0.29, 0.717) is 11.6 Å². The van der Waals surface area contributed by atoms with Crippen molar-refractivity contribution >= 4 is 5.97 Å². The number of carbonyl (C=O) groups is 1. The van der Waals surface area contributed by atoms with Gasteiger partial charge in [0, 0.05) is 11.1 Å². The van der Waals surface area contributed by atoms with Gasteiger partial charge >= 0.3 is 5.97 Å². The number of carboxylic acids is 1. The predicted molar refractivity (Wildman–Crippen MR) is 64.3 cm³/mol. The van der Waals surface area contributed by atoms with Crippen molar-refractivity contribution in [2.45, 2.75) is 0 Å². The number of rotatable bonds is 3. The topological polar surface area (TPSA) is 105 Å². The number of aromatic amines is 1. The van der Waals surface area contributed by atoms with E-state index in [1.165, 1.54) is 6.07 Å². The molecule has 94 valence electrons. The molecule has 0 aliphatic carbocycles. The van der Waals surface area contributed by atoms with Gasteiger partial charge in [-0.05, 0) is 17.3 Å². The summed E-state index contributed by atoms with van der Waals surface area (Å²) in [6.45, 7) is 0. The molecule has 0 fully saturated rings. The number of nitrogens with one attached hydrogen (secondary N) is 1. The zero-order valence-electron chi connectivity index (χ0n) is 9.57. The summed E-state index contributed by atoms with van der Waals surface area (Å²) in [5.41, 5.74) is 1.59. The van der Waals surface area contributed by atoms with E-state index in [1.807, 2.05) is 12.1 Å². The van der Waals surface area contributed by atoms with Crippen LogP contribution in [0, 0.1) is 0 Å². The molecule has 2 aromatic heterocycles. The Kier molecular flexibility index (Phi) is 2.57. The third kappa shape index (κ3) is 2.08. The van der Waals surface area contributed by atoms with Crippen LogP contribution in [0.3, 0.4) is 0 Å². The van der Waals surface area contributed by atoms with Gasteiger partial charge in [0.2, 0.25) is 11.6 Å².